The predicted molar refractivity (Wildman–Crippen MR) is 79.7 cm³/mol. The molecular weight excluding hydrogens is 286 g/mol. The molecule has 1 atom stereocenters. The van der Waals surface area contributed by atoms with E-state index in [1.807, 2.05) is 0 Å². The normalized spacial score (nSPS) is 22.8. The van der Waals surface area contributed by atoms with Gasteiger partial charge in [-0.1, -0.05) is 28.1 Å². The van der Waals surface area contributed by atoms with E-state index in [0.717, 1.165) is 16.8 Å². The molecule has 1 unspecified atom stereocenters. The van der Waals surface area contributed by atoms with Gasteiger partial charge in [-0.15, -0.1) is 0 Å². The van der Waals surface area contributed by atoms with Crippen molar-refractivity contribution in [3.63, 3.8) is 0 Å². The van der Waals surface area contributed by atoms with Crippen molar-refractivity contribution in [2.24, 2.45) is 11.3 Å². The minimum atomic E-state index is 0.586. The SMILES string of the molecule is CC(Cc1ccc(Br)cc1)NCC1(C2CC2)CC1. The topological polar surface area (TPSA) is 12.0 Å². The lowest BCUT2D eigenvalue weighted by Crippen LogP contribution is -2.34. The van der Waals surface area contributed by atoms with Crippen molar-refractivity contribution >= 4 is 15.9 Å². The first-order valence-corrected chi connectivity index (χ1v) is 7.95. The molecule has 2 fully saturated rings. The second-order valence-corrected chi connectivity index (χ2v) is 7.16. The lowest BCUT2D eigenvalue weighted by atomic mass is 9.99. The van der Waals surface area contributed by atoms with E-state index in [4.69, 9.17) is 0 Å². The molecule has 0 spiro atoms. The highest BCUT2D eigenvalue weighted by Gasteiger charge is 2.53. The molecule has 3 rings (SSSR count). The molecule has 2 aliphatic carbocycles. The monoisotopic (exact) mass is 307 g/mol. The average Bonchev–Trinajstić information content (AvgIpc) is 3.22. The van der Waals surface area contributed by atoms with Crippen molar-refractivity contribution in [1.82, 2.24) is 5.32 Å². The van der Waals surface area contributed by atoms with Crippen LogP contribution in [0.2, 0.25) is 0 Å². The van der Waals surface area contributed by atoms with E-state index < -0.39 is 0 Å². The highest BCUT2D eigenvalue weighted by atomic mass is 79.9. The second kappa shape index (κ2) is 4.97. The molecular formula is C16H22BrN. The van der Waals surface area contributed by atoms with E-state index in [0.29, 0.717) is 11.5 Å². The molecule has 18 heavy (non-hydrogen) atoms. The van der Waals surface area contributed by atoms with E-state index in [-0.39, 0.29) is 0 Å². The summed E-state index contributed by atoms with van der Waals surface area (Å²) in [5.41, 5.74) is 2.14. The first-order chi connectivity index (χ1) is 8.68. The van der Waals surface area contributed by atoms with Crippen molar-refractivity contribution in [3.8, 4) is 0 Å². The van der Waals surface area contributed by atoms with E-state index in [1.165, 1.54) is 37.8 Å². The molecule has 1 aromatic carbocycles. The Morgan fingerprint density at radius 2 is 1.94 bits per heavy atom. The van der Waals surface area contributed by atoms with Gasteiger partial charge in [0.2, 0.25) is 0 Å². The fourth-order valence-corrected chi connectivity index (χ4v) is 3.27. The molecule has 1 N–H and O–H groups in total. The van der Waals surface area contributed by atoms with Crippen LogP contribution in [0.1, 0.15) is 38.2 Å². The minimum absolute atomic E-state index is 0.586. The molecule has 98 valence electrons. The molecule has 0 aliphatic heterocycles. The van der Waals surface area contributed by atoms with Crippen LogP contribution in [-0.4, -0.2) is 12.6 Å². The highest BCUT2D eigenvalue weighted by molar-refractivity contribution is 9.10. The Kier molecular flexibility index (Phi) is 3.50. The van der Waals surface area contributed by atoms with Crippen LogP contribution in [0.3, 0.4) is 0 Å². The largest absolute Gasteiger partial charge is 0.313 e. The lowest BCUT2D eigenvalue weighted by Gasteiger charge is -2.20. The van der Waals surface area contributed by atoms with Crippen LogP contribution in [0.5, 0.6) is 0 Å². The van der Waals surface area contributed by atoms with Crippen LogP contribution in [0.4, 0.5) is 0 Å². The summed E-state index contributed by atoms with van der Waals surface area (Å²) in [6.45, 7) is 3.56. The molecule has 0 amide bonds. The van der Waals surface area contributed by atoms with Gasteiger partial charge in [0.1, 0.15) is 0 Å². The van der Waals surface area contributed by atoms with Gasteiger partial charge in [0.05, 0.1) is 0 Å². The second-order valence-electron chi connectivity index (χ2n) is 6.25. The van der Waals surface area contributed by atoms with Crippen molar-refractivity contribution in [3.05, 3.63) is 34.3 Å². The summed E-state index contributed by atoms with van der Waals surface area (Å²) in [6.07, 6.45) is 7.05. The van der Waals surface area contributed by atoms with Gasteiger partial charge in [0, 0.05) is 17.1 Å². The Morgan fingerprint density at radius 3 is 2.50 bits per heavy atom. The summed E-state index contributed by atoms with van der Waals surface area (Å²) in [5.74, 6) is 1.06. The first-order valence-electron chi connectivity index (χ1n) is 7.16. The predicted octanol–water partition coefficient (Wildman–Crippen LogP) is 4.16. The summed E-state index contributed by atoms with van der Waals surface area (Å²) >= 11 is 3.48. The lowest BCUT2D eigenvalue weighted by molar-refractivity contribution is 0.378. The molecule has 1 aromatic rings. The van der Waals surface area contributed by atoms with Crippen molar-refractivity contribution < 1.29 is 0 Å². The first kappa shape index (κ1) is 12.7. The van der Waals surface area contributed by atoms with E-state index in [1.54, 1.807) is 0 Å². The number of halogens is 1. The third-order valence-corrected chi connectivity index (χ3v) is 5.12. The van der Waals surface area contributed by atoms with E-state index >= 15 is 0 Å². The Bertz CT molecular complexity index is 404. The quantitative estimate of drug-likeness (QED) is 0.832. The zero-order chi connectivity index (χ0) is 12.6. The highest BCUT2D eigenvalue weighted by Crippen LogP contribution is 2.60. The maximum atomic E-state index is 3.76. The standard InChI is InChI=1S/C16H22BrN/c1-12(10-13-2-6-15(17)7-3-13)18-11-16(8-9-16)14-4-5-14/h2-3,6-7,12,14,18H,4-5,8-11H2,1H3. The molecule has 0 aromatic heterocycles. The Labute approximate surface area is 118 Å². The number of hydrogen-bond acceptors (Lipinski definition) is 1. The van der Waals surface area contributed by atoms with Gasteiger partial charge >= 0.3 is 0 Å². The molecule has 2 aliphatic rings. The Hall–Kier alpha value is -0.340. The molecule has 0 radical (unpaired) electrons. The number of hydrogen-bond donors (Lipinski definition) is 1. The van der Waals surface area contributed by atoms with Gasteiger partial charge in [0.25, 0.3) is 0 Å². The maximum absolute atomic E-state index is 3.76. The van der Waals surface area contributed by atoms with Crippen LogP contribution in [0.15, 0.2) is 28.7 Å². The summed E-state index contributed by atoms with van der Waals surface area (Å²) < 4.78 is 1.16. The van der Waals surface area contributed by atoms with Crippen molar-refractivity contribution in [2.75, 3.05) is 6.54 Å². The summed E-state index contributed by atoms with van der Waals surface area (Å²) in [4.78, 5) is 0. The van der Waals surface area contributed by atoms with Crippen LogP contribution < -0.4 is 5.32 Å². The van der Waals surface area contributed by atoms with Crippen LogP contribution in [0.25, 0.3) is 0 Å². The fourth-order valence-electron chi connectivity index (χ4n) is 3.01. The number of benzene rings is 1. The van der Waals surface area contributed by atoms with Gasteiger partial charge in [-0.3, -0.25) is 0 Å². The zero-order valence-corrected chi connectivity index (χ0v) is 12.7. The van der Waals surface area contributed by atoms with Crippen LogP contribution in [-0.2, 0) is 6.42 Å². The summed E-state index contributed by atoms with van der Waals surface area (Å²) in [5, 5.41) is 3.76. The van der Waals surface area contributed by atoms with Crippen molar-refractivity contribution in [1.29, 1.82) is 0 Å². The zero-order valence-electron chi connectivity index (χ0n) is 11.1. The van der Waals surface area contributed by atoms with Gasteiger partial charge in [-0.05, 0) is 68.1 Å². The van der Waals surface area contributed by atoms with Gasteiger partial charge < -0.3 is 5.32 Å². The molecule has 0 heterocycles. The smallest absolute Gasteiger partial charge is 0.0175 e. The van der Waals surface area contributed by atoms with Crippen LogP contribution in [0, 0.1) is 11.3 Å². The maximum Gasteiger partial charge on any atom is 0.0175 e. The third-order valence-electron chi connectivity index (χ3n) is 4.59. The molecule has 2 heteroatoms. The van der Waals surface area contributed by atoms with Crippen LogP contribution >= 0.6 is 15.9 Å². The molecule has 1 nitrogen and oxygen atoms in total. The summed E-state index contributed by atoms with van der Waals surface area (Å²) in [7, 11) is 0. The minimum Gasteiger partial charge on any atom is -0.313 e. The molecule has 2 saturated carbocycles. The number of nitrogens with one attached hydrogen (secondary N) is 1. The van der Waals surface area contributed by atoms with Gasteiger partial charge in [0.15, 0.2) is 0 Å². The average molecular weight is 308 g/mol. The van der Waals surface area contributed by atoms with Crippen molar-refractivity contribution in [2.45, 2.75) is 45.1 Å². The fraction of sp³-hybridized carbons (Fsp3) is 0.625. The molecule has 0 bridgehead atoms. The molecule has 0 saturated heterocycles. The summed E-state index contributed by atoms with van der Waals surface area (Å²) in [6, 6.07) is 9.29. The van der Waals surface area contributed by atoms with E-state index in [2.05, 4.69) is 52.4 Å². The Balaban J connectivity index is 1.46. The number of rotatable bonds is 6. The van der Waals surface area contributed by atoms with Gasteiger partial charge in [-0.2, -0.15) is 0 Å². The van der Waals surface area contributed by atoms with Gasteiger partial charge in [-0.25, -0.2) is 0 Å². The van der Waals surface area contributed by atoms with E-state index in [9.17, 15) is 0 Å². The third kappa shape index (κ3) is 2.97. The Morgan fingerprint density at radius 1 is 1.28 bits per heavy atom.